The van der Waals surface area contributed by atoms with Gasteiger partial charge in [0.05, 0.1) is 5.54 Å². The summed E-state index contributed by atoms with van der Waals surface area (Å²) in [6, 6.07) is 0. The van der Waals surface area contributed by atoms with Gasteiger partial charge >= 0.3 is 0 Å². The second-order valence-corrected chi connectivity index (χ2v) is 3.79. The van der Waals surface area contributed by atoms with Crippen LogP contribution in [0.1, 0.15) is 27.2 Å². The van der Waals surface area contributed by atoms with E-state index >= 15 is 0 Å². The van der Waals surface area contributed by atoms with E-state index in [2.05, 4.69) is 4.99 Å². The van der Waals surface area contributed by atoms with Crippen LogP contribution >= 0.6 is 0 Å². The lowest BCUT2D eigenvalue weighted by molar-refractivity contribution is -0.115. The second-order valence-electron chi connectivity index (χ2n) is 3.79. The van der Waals surface area contributed by atoms with E-state index in [-0.39, 0.29) is 5.54 Å². The molecule has 1 fully saturated rings. The summed E-state index contributed by atoms with van der Waals surface area (Å²) >= 11 is 0. The van der Waals surface area contributed by atoms with Gasteiger partial charge in [-0.05, 0) is 27.2 Å². The molecule has 0 atom stereocenters. The molecule has 0 aromatic carbocycles. The third-order valence-corrected chi connectivity index (χ3v) is 1.45. The predicted octanol–water partition coefficient (Wildman–Crippen LogP) is 1.45. The van der Waals surface area contributed by atoms with E-state index in [9.17, 15) is 0 Å². The molecule has 0 aliphatic carbocycles. The predicted molar refractivity (Wildman–Crippen MR) is 45.5 cm³/mol. The molecule has 0 saturated carbocycles. The molecule has 1 aliphatic rings. The normalized spacial score (nSPS) is 20.3. The zero-order valence-electron chi connectivity index (χ0n) is 7.50. The lowest BCUT2D eigenvalue weighted by Gasteiger charge is -2.27. The first-order chi connectivity index (χ1) is 5.08. The summed E-state index contributed by atoms with van der Waals surface area (Å²) < 4.78 is 0. The summed E-state index contributed by atoms with van der Waals surface area (Å²) in [6.07, 6.45) is 2.78. The highest BCUT2D eigenvalue weighted by molar-refractivity contribution is 5.46. The van der Waals surface area contributed by atoms with Crippen LogP contribution in [0.3, 0.4) is 0 Å². The first-order valence-corrected chi connectivity index (χ1v) is 4.03. The highest BCUT2D eigenvalue weighted by atomic mass is 16.7. The fourth-order valence-corrected chi connectivity index (χ4v) is 0.641. The van der Waals surface area contributed by atoms with Crippen LogP contribution < -0.4 is 0 Å². The van der Waals surface area contributed by atoms with Gasteiger partial charge in [0, 0.05) is 13.1 Å². The highest BCUT2D eigenvalue weighted by Crippen LogP contribution is 2.07. The van der Waals surface area contributed by atoms with Gasteiger partial charge in [0.25, 0.3) is 0 Å². The summed E-state index contributed by atoms with van der Waals surface area (Å²) in [6.45, 7) is 8.21. The van der Waals surface area contributed by atoms with Crippen molar-refractivity contribution in [3.05, 3.63) is 0 Å². The monoisotopic (exact) mass is 156 g/mol. The molecule has 0 amide bonds. The Hall–Kier alpha value is -0.570. The van der Waals surface area contributed by atoms with Gasteiger partial charge in [-0.3, -0.25) is 4.99 Å². The first-order valence-electron chi connectivity index (χ1n) is 4.03. The quantitative estimate of drug-likeness (QED) is 0.446. The Labute approximate surface area is 68.0 Å². The number of hydrogen-bond acceptors (Lipinski definition) is 3. The number of rotatable bonds is 2. The molecule has 1 aliphatic heterocycles. The average Bonchev–Trinajstić information content (AvgIpc) is 1.73. The van der Waals surface area contributed by atoms with Crippen LogP contribution in [-0.4, -0.2) is 30.1 Å². The van der Waals surface area contributed by atoms with Gasteiger partial charge in [-0.25, -0.2) is 0 Å². The van der Waals surface area contributed by atoms with Gasteiger partial charge < -0.3 is 4.84 Å². The molecular weight excluding hydrogens is 140 g/mol. The molecule has 64 valence electrons. The molecule has 3 heteroatoms. The molecular formula is C8H16N2O. The summed E-state index contributed by atoms with van der Waals surface area (Å²) in [5, 5.41) is 1.90. The third-order valence-electron chi connectivity index (χ3n) is 1.45. The van der Waals surface area contributed by atoms with Crippen molar-refractivity contribution in [3.63, 3.8) is 0 Å². The summed E-state index contributed by atoms with van der Waals surface area (Å²) in [4.78, 5) is 9.39. The van der Waals surface area contributed by atoms with Crippen LogP contribution in [0, 0.1) is 0 Å². The molecule has 11 heavy (non-hydrogen) atoms. The Bertz CT molecular complexity index is 145. The smallest absolute Gasteiger partial charge is 0.197 e. The Morgan fingerprint density at radius 2 is 2.00 bits per heavy atom. The van der Waals surface area contributed by atoms with Crippen LogP contribution in [0.5, 0.6) is 0 Å². The van der Waals surface area contributed by atoms with Crippen LogP contribution in [0.2, 0.25) is 0 Å². The minimum atomic E-state index is -0.0229. The van der Waals surface area contributed by atoms with Crippen LogP contribution in [0.15, 0.2) is 4.99 Å². The van der Waals surface area contributed by atoms with Crippen LogP contribution in [-0.2, 0) is 4.84 Å². The lowest BCUT2D eigenvalue weighted by atomic mass is 10.1. The van der Waals surface area contributed by atoms with Crippen molar-refractivity contribution in [1.29, 1.82) is 0 Å². The minimum absolute atomic E-state index is 0.0229. The Morgan fingerprint density at radius 3 is 2.36 bits per heavy atom. The van der Waals surface area contributed by atoms with Crippen molar-refractivity contribution >= 4 is 6.40 Å². The Balaban J connectivity index is 2.14. The molecule has 0 bridgehead atoms. The van der Waals surface area contributed by atoms with E-state index in [1.54, 1.807) is 6.40 Å². The zero-order chi connectivity index (χ0) is 8.32. The van der Waals surface area contributed by atoms with E-state index in [4.69, 9.17) is 4.84 Å². The molecule has 0 N–H and O–H groups in total. The van der Waals surface area contributed by atoms with Crippen LogP contribution in [0.4, 0.5) is 0 Å². The maximum atomic E-state index is 5.20. The third kappa shape index (κ3) is 3.37. The summed E-state index contributed by atoms with van der Waals surface area (Å²) in [5.74, 6) is 0. The molecule has 1 heterocycles. The van der Waals surface area contributed by atoms with E-state index in [1.165, 1.54) is 6.42 Å². The number of nitrogens with zero attached hydrogens (tertiary/aromatic N) is 2. The van der Waals surface area contributed by atoms with Crippen molar-refractivity contribution in [1.82, 2.24) is 5.06 Å². The standard InChI is InChI=1S/C8H16N2O/c1-8(2,3)9-7-11-10-5-4-6-10/h7H,4-6H2,1-3H3/b9-7+. The fourth-order valence-electron chi connectivity index (χ4n) is 0.641. The molecule has 0 unspecified atom stereocenters. The molecule has 0 radical (unpaired) electrons. The van der Waals surface area contributed by atoms with E-state index in [0.717, 1.165) is 13.1 Å². The van der Waals surface area contributed by atoms with Crippen molar-refractivity contribution < 1.29 is 4.84 Å². The van der Waals surface area contributed by atoms with Crippen molar-refractivity contribution in [2.24, 2.45) is 4.99 Å². The molecule has 3 nitrogen and oxygen atoms in total. The summed E-state index contributed by atoms with van der Waals surface area (Å²) in [5.41, 5.74) is -0.0229. The molecule has 1 rings (SSSR count). The van der Waals surface area contributed by atoms with E-state index < -0.39 is 0 Å². The number of hydroxylamine groups is 2. The largest absolute Gasteiger partial charge is 0.394 e. The fraction of sp³-hybridized carbons (Fsp3) is 0.875. The van der Waals surface area contributed by atoms with Gasteiger partial charge in [-0.2, -0.15) is 0 Å². The van der Waals surface area contributed by atoms with Gasteiger partial charge in [0.1, 0.15) is 0 Å². The molecule has 0 aromatic heterocycles. The minimum Gasteiger partial charge on any atom is -0.394 e. The van der Waals surface area contributed by atoms with Crippen LogP contribution in [0.25, 0.3) is 0 Å². The van der Waals surface area contributed by atoms with Gasteiger partial charge in [0.2, 0.25) is 0 Å². The van der Waals surface area contributed by atoms with Crippen molar-refractivity contribution in [3.8, 4) is 0 Å². The summed E-state index contributed by atoms with van der Waals surface area (Å²) in [7, 11) is 0. The van der Waals surface area contributed by atoms with Gasteiger partial charge in [0.15, 0.2) is 6.40 Å². The van der Waals surface area contributed by atoms with Crippen molar-refractivity contribution in [2.45, 2.75) is 32.7 Å². The van der Waals surface area contributed by atoms with E-state index in [1.807, 2.05) is 25.8 Å². The number of hydrogen-bond donors (Lipinski definition) is 0. The van der Waals surface area contributed by atoms with Gasteiger partial charge in [-0.1, -0.05) is 0 Å². The Morgan fingerprint density at radius 1 is 1.36 bits per heavy atom. The molecule has 0 aromatic rings. The number of aliphatic imine (C=N–C) groups is 1. The molecule has 1 saturated heterocycles. The molecule has 0 spiro atoms. The SMILES string of the molecule is CC(C)(C)/N=C/ON1CCC1. The average molecular weight is 156 g/mol. The second kappa shape index (κ2) is 3.22. The topological polar surface area (TPSA) is 24.8 Å². The van der Waals surface area contributed by atoms with Gasteiger partial charge in [-0.15, -0.1) is 5.06 Å². The maximum Gasteiger partial charge on any atom is 0.197 e. The first kappa shape index (κ1) is 8.53. The highest BCUT2D eigenvalue weighted by Gasteiger charge is 2.13. The van der Waals surface area contributed by atoms with E-state index in [0.29, 0.717) is 0 Å². The Kier molecular flexibility index (Phi) is 2.49. The zero-order valence-corrected chi connectivity index (χ0v) is 7.50. The maximum absolute atomic E-state index is 5.20. The van der Waals surface area contributed by atoms with Crippen molar-refractivity contribution in [2.75, 3.05) is 13.1 Å². The lowest BCUT2D eigenvalue weighted by Crippen LogP contribution is -2.36.